The first-order chi connectivity index (χ1) is 10.6. The third-order valence-corrected chi connectivity index (χ3v) is 3.17. The lowest BCUT2D eigenvalue weighted by molar-refractivity contribution is -0.574. The number of halogens is 3. The molecule has 138 valence electrons. The van der Waals surface area contributed by atoms with Crippen molar-refractivity contribution in [1.29, 1.82) is 0 Å². The molecule has 0 aromatic heterocycles. The summed E-state index contributed by atoms with van der Waals surface area (Å²) >= 11 is 0. The number of carboxylic acids is 1. The predicted octanol–water partition coefficient (Wildman–Crippen LogP) is 0.852. The summed E-state index contributed by atoms with van der Waals surface area (Å²) in [6.45, 7) is 1.46. The second-order valence-corrected chi connectivity index (χ2v) is 4.96. The molecule has 0 unspecified atom stereocenters. The van der Waals surface area contributed by atoms with Crippen LogP contribution in [0, 0.1) is 10.1 Å². The molecule has 0 aliphatic rings. The summed E-state index contributed by atoms with van der Waals surface area (Å²) in [6, 6.07) is 0. The number of hydrogen-bond donors (Lipinski definition) is 4. The lowest BCUT2D eigenvalue weighted by atomic mass is 9.84. The smallest absolute Gasteiger partial charge is 0.475 e. The maximum atomic E-state index is 11.2. The molecule has 0 atom stereocenters. The standard InChI is InChI=1S/C10H24N4O2.C2HF3O2/c11-7-1-4-10(14(15)16,5-2-8-12)6-3-9-13;3-2(4,5)1(6)7/h1-9,11-13H2;(H,6,7). The van der Waals surface area contributed by atoms with Crippen LogP contribution in [0.15, 0.2) is 0 Å². The van der Waals surface area contributed by atoms with Gasteiger partial charge in [-0.05, 0) is 38.9 Å². The fourth-order valence-electron chi connectivity index (χ4n) is 1.94. The van der Waals surface area contributed by atoms with Crippen LogP contribution in [0.5, 0.6) is 0 Å². The number of nitrogens with two attached hydrogens (primary N) is 3. The van der Waals surface area contributed by atoms with E-state index in [1.807, 2.05) is 0 Å². The van der Waals surface area contributed by atoms with Crippen LogP contribution in [0.1, 0.15) is 38.5 Å². The summed E-state index contributed by atoms with van der Waals surface area (Å²) in [5.41, 5.74) is 15.4. The molecule has 0 heterocycles. The number of aliphatic carboxylic acids is 1. The molecule has 8 nitrogen and oxygen atoms in total. The van der Waals surface area contributed by atoms with Gasteiger partial charge in [-0.1, -0.05) is 0 Å². The molecule has 0 bridgehead atoms. The number of hydrogen-bond acceptors (Lipinski definition) is 6. The highest BCUT2D eigenvalue weighted by molar-refractivity contribution is 5.73. The maximum absolute atomic E-state index is 11.2. The zero-order valence-electron chi connectivity index (χ0n) is 12.8. The molecular weight excluding hydrogens is 321 g/mol. The van der Waals surface area contributed by atoms with Gasteiger partial charge >= 0.3 is 12.1 Å². The van der Waals surface area contributed by atoms with Crippen molar-refractivity contribution in [1.82, 2.24) is 0 Å². The number of alkyl halides is 3. The summed E-state index contributed by atoms with van der Waals surface area (Å²) in [7, 11) is 0. The minimum atomic E-state index is -5.08. The lowest BCUT2D eigenvalue weighted by Crippen LogP contribution is -2.40. The van der Waals surface area contributed by atoms with Gasteiger partial charge in [-0.25, -0.2) is 4.79 Å². The van der Waals surface area contributed by atoms with Crippen LogP contribution < -0.4 is 17.2 Å². The molecule has 0 saturated carbocycles. The largest absolute Gasteiger partial charge is 0.490 e. The van der Waals surface area contributed by atoms with E-state index in [0.717, 1.165) is 0 Å². The van der Waals surface area contributed by atoms with E-state index in [4.69, 9.17) is 27.1 Å². The molecule has 0 aromatic carbocycles. The third kappa shape index (κ3) is 10.8. The van der Waals surface area contributed by atoms with E-state index < -0.39 is 17.7 Å². The molecule has 0 amide bonds. The second-order valence-electron chi connectivity index (χ2n) is 4.96. The van der Waals surface area contributed by atoms with E-state index in [1.165, 1.54) is 0 Å². The lowest BCUT2D eigenvalue weighted by Gasteiger charge is -2.25. The Morgan fingerprint density at radius 3 is 1.35 bits per heavy atom. The molecule has 23 heavy (non-hydrogen) atoms. The van der Waals surface area contributed by atoms with Gasteiger partial charge in [0.15, 0.2) is 0 Å². The van der Waals surface area contributed by atoms with Crippen LogP contribution in [0.25, 0.3) is 0 Å². The third-order valence-electron chi connectivity index (χ3n) is 3.17. The Labute approximate surface area is 132 Å². The summed E-state index contributed by atoms with van der Waals surface area (Å²) in [6.07, 6.45) is -1.48. The normalized spacial score (nSPS) is 11.6. The number of carbonyl (C=O) groups is 1. The molecule has 0 radical (unpaired) electrons. The van der Waals surface area contributed by atoms with Crippen LogP contribution in [0.4, 0.5) is 13.2 Å². The van der Waals surface area contributed by atoms with Crippen molar-refractivity contribution in [2.45, 2.75) is 50.2 Å². The zero-order chi connectivity index (χ0) is 18.5. The van der Waals surface area contributed by atoms with Gasteiger partial charge in [-0.15, -0.1) is 0 Å². The first-order valence-corrected chi connectivity index (χ1v) is 7.12. The average molecular weight is 346 g/mol. The van der Waals surface area contributed by atoms with E-state index in [1.54, 1.807) is 0 Å². The van der Waals surface area contributed by atoms with Gasteiger partial charge in [0.05, 0.1) is 0 Å². The Morgan fingerprint density at radius 1 is 0.957 bits per heavy atom. The van der Waals surface area contributed by atoms with E-state index in [9.17, 15) is 23.3 Å². The molecule has 7 N–H and O–H groups in total. The molecule has 0 rings (SSSR count). The molecule has 0 aliphatic heterocycles. The van der Waals surface area contributed by atoms with Crippen LogP contribution in [-0.4, -0.2) is 47.3 Å². The fourth-order valence-corrected chi connectivity index (χ4v) is 1.94. The molecule has 0 saturated heterocycles. The Hall–Kier alpha value is -1.46. The van der Waals surface area contributed by atoms with Gasteiger partial charge in [0, 0.05) is 24.2 Å². The van der Waals surface area contributed by atoms with Crippen molar-refractivity contribution in [3.05, 3.63) is 10.1 Å². The minimum Gasteiger partial charge on any atom is -0.475 e. The fraction of sp³-hybridized carbons (Fsp3) is 0.917. The molecule has 0 aliphatic carbocycles. The summed E-state index contributed by atoms with van der Waals surface area (Å²) < 4.78 is 31.7. The number of nitro groups is 1. The van der Waals surface area contributed by atoms with Gasteiger partial charge in [0.2, 0.25) is 5.54 Å². The second kappa shape index (κ2) is 12.0. The van der Waals surface area contributed by atoms with Crippen LogP contribution in [-0.2, 0) is 4.79 Å². The number of nitrogens with zero attached hydrogens (tertiary/aromatic N) is 1. The quantitative estimate of drug-likeness (QED) is 0.337. The van der Waals surface area contributed by atoms with Crippen LogP contribution >= 0.6 is 0 Å². The number of carboxylic acid groups (broad SMARTS) is 1. The van der Waals surface area contributed by atoms with Gasteiger partial charge in [-0.2, -0.15) is 13.2 Å². The van der Waals surface area contributed by atoms with E-state index >= 15 is 0 Å². The monoisotopic (exact) mass is 346 g/mol. The van der Waals surface area contributed by atoms with Crippen molar-refractivity contribution in [2.24, 2.45) is 17.2 Å². The summed E-state index contributed by atoms with van der Waals surface area (Å²) in [5.74, 6) is -2.76. The summed E-state index contributed by atoms with van der Waals surface area (Å²) in [5, 5.41) is 18.3. The SMILES string of the molecule is NCCCC(CCCN)(CCCN)[N+](=O)[O-].O=C(O)C(F)(F)F. The first-order valence-electron chi connectivity index (χ1n) is 7.12. The van der Waals surface area contributed by atoms with Gasteiger partial charge in [0.1, 0.15) is 0 Å². The van der Waals surface area contributed by atoms with Crippen LogP contribution in [0.2, 0.25) is 0 Å². The predicted molar refractivity (Wildman–Crippen MR) is 78.3 cm³/mol. The van der Waals surface area contributed by atoms with Crippen molar-refractivity contribution < 1.29 is 28.0 Å². The van der Waals surface area contributed by atoms with Gasteiger partial charge in [0.25, 0.3) is 0 Å². The van der Waals surface area contributed by atoms with Crippen LogP contribution in [0.3, 0.4) is 0 Å². The van der Waals surface area contributed by atoms with Gasteiger partial charge in [-0.3, -0.25) is 10.1 Å². The van der Waals surface area contributed by atoms with Crippen molar-refractivity contribution in [2.75, 3.05) is 19.6 Å². The minimum absolute atomic E-state index is 0.159. The first kappa shape index (κ1) is 23.8. The number of rotatable bonds is 10. The van der Waals surface area contributed by atoms with Crippen molar-refractivity contribution in [3.8, 4) is 0 Å². The average Bonchev–Trinajstić information content (AvgIpc) is 2.46. The Morgan fingerprint density at radius 2 is 1.22 bits per heavy atom. The van der Waals surface area contributed by atoms with E-state index in [0.29, 0.717) is 58.2 Å². The highest BCUT2D eigenvalue weighted by Gasteiger charge is 2.40. The van der Waals surface area contributed by atoms with Gasteiger partial charge < -0.3 is 22.3 Å². The highest BCUT2D eigenvalue weighted by Crippen LogP contribution is 2.28. The highest BCUT2D eigenvalue weighted by atomic mass is 19.4. The van der Waals surface area contributed by atoms with Crippen molar-refractivity contribution in [3.63, 3.8) is 0 Å². The molecule has 0 fully saturated rings. The Balaban J connectivity index is 0. The molecule has 0 spiro atoms. The van der Waals surface area contributed by atoms with Crippen molar-refractivity contribution >= 4 is 5.97 Å². The Bertz CT molecular complexity index is 332. The maximum Gasteiger partial charge on any atom is 0.490 e. The van der Waals surface area contributed by atoms with E-state index in [2.05, 4.69) is 0 Å². The topological polar surface area (TPSA) is 158 Å². The van der Waals surface area contributed by atoms with E-state index in [-0.39, 0.29) is 4.92 Å². The molecular formula is C12H25F3N4O4. The molecule has 11 heteroatoms. The summed E-state index contributed by atoms with van der Waals surface area (Å²) in [4.78, 5) is 20.0. The zero-order valence-corrected chi connectivity index (χ0v) is 12.8. The molecule has 0 aromatic rings. The Kier molecular flexibility index (Phi) is 12.4.